The molecular weight excluding hydrogens is 406 g/mol. The Balaban J connectivity index is 1.86. The van der Waals surface area contributed by atoms with Crippen molar-refractivity contribution in [3.05, 3.63) is 64.0 Å². The number of halogens is 1. The fourth-order valence-corrected chi connectivity index (χ4v) is 3.90. The molecule has 1 atom stereocenters. The summed E-state index contributed by atoms with van der Waals surface area (Å²) >= 11 is 12.7. The topological polar surface area (TPSA) is 66.8 Å². The van der Waals surface area contributed by atoms with Gasteiger partial charge in [0.15, 0.2) is 10.4 Å². The van der Waals surface area contributed by atoms with Gasteiger partial charge in [0.05, 0.1) is 15.6 Å². The lowest BCUT2D eigenvalue weighted by Gasteiger charge is -2.15. The van der Waals surface area contributed by atoms with Gasteiger partial charge in [0.25, 0.3) is 5.91 Å². The minimum Gasteiger partial charge on any atom is -0.479 e. The third kappa shape index (κ3) is 4.32. The smallest absolute Gasteiger partial charge is 0.344 e. The average molecular weight is 420 g/mol. The Kier molecular flexibility index (Phi) is 5.84. The number of carbonyl (C=O) groups excluding carboxylic acids is 1. The molecule has 1 unspecified atom stereocenters. The van der Waals surface area contributed by atoms with Gasteiger partial charge in [-0.15, -0.1) is 0 Å². The van der Waals surface area contributed by atoms with Crippen LogP contribution in [-0.2, 0) is 9.59 Å². The number of aliphatic carboxylic acids is 1. The number of anilines is 1. The monoisotopic (exact) mass is 419 g/mol. The first-order chi connectivity index (χ1) is 12.9. The van der Waals surface area contributed by atoms with Crippen LogP contribution in [0.15, 0.2) is 53.4 Å². The SMILES string of the molecule is CC(Oc1cccc(/C=C2/SC(=S)N(c3ccccc3Cl)C2=O)c1)C(=O)O. The predicted molar refractivity (Wildman–Crippen MR) is 111 cm³/mol. The number of nitrogens with zero attached hydrogens (tertiary/aromatic N) is 1. The minimum atomic E-state index is -1.05. The van der Waals surface area contributed by atoms with Gasteiger partial charge in [-0.3, -0.25) is 9.69 Å². The van der Waals surface area contributed by atoms with E-state index in [2.05, 4.69) is 0 Å². The molecule has 0 saturated carbocycles. The molecule has 1 heterocycles. The molecule has 2 aromatic rings. The summed E-state index contributed by atoms with van der Waals surface area (Å²) in [5.74, 6) is -0.912. The number of thioether (sulfide) groups is 1. The zero-order valence-electron chi connectivity index (χ0n) is 14.1. The Morgan fingerprint density at radius 2 is 2.04 bits per heavy atom. The molecule has 8 heteroatoms. The van der Waals surface area contributed by atoms with Crippen molar-refractivity contribution < 1.29 is 19.4 Å². The molecule has 1 saturated heterocycles. The number of thiocarbonyl (C=S) groups is 1. The molecule has 1 N–H and O–H groups in total. The summed E-state index contributed by atoms with van der Waals surface area (Å²) in [5.41, 5.74) is 1.24. The van der Waals surface area contributed by atoms with E-state index in [-0.39, 0.29) is 5.91 Å². The Hall–Kier alpha value is -2.35. The summed E-state index contributed by atoms with van der Waals surface area (Å²) < 4.78 is 5.76. The maximum atomic E-state index is 12.8. The number of ether oxygens (including phenoxy) is 1. The van der Waals surface area contributed by atoms with E-state index in [1.165, 1.54) is 23.6 Å². The summed E-state index contributed by atoms with van der Waals surface area (Å²) in [6, 6.07) is 13.8. The molecule has 0 bridgehead atoms. The van der Waals surface area contributed by atoms with Crippen molar-refractivity contribution in [3.8, 4) is 5.75 Å². The highest BCUT2D eigenvalue weighted by atomic mass is 35.5. The number of hydrogen-bond acceptors (Lipinski definition) is 5. The molecule has 5 nitrogen and oxygen atoms in total. The van der Waals surface area contributed by atoms with E-state index in [9.17, 15) is 9.59 Å². The number of carboxylic acid groups (broad SMARTS) is 1. The van der Waals surface area contributed by atoms with Crippen molar-refractivity contribution in [2.24, 2.45) is 0 Å². The standard InChI is InChI=1S/C19H14ClNO4S2/c1-11(18(23)24)25-13-6-4-5-12(9-13)10-16-17(22)21(19(26)27-16)15-8-3-2-7-14(15)20/h2-11H,1H3,(H,23,24)/b16-10+. The second kappa shape index (κ2) is 8.12. The van der Waals surface area contributed by atoms with Gasteiger partial charge in [0.2, 0.25) is 0 Å². The largest absolute Gasteiger partial charge is 0.479 e. The van der Waals surface area contributed by atoms with E-state index in [1.54, 1.807) is 54.6 Å². The number of benzene rings is 2. The summed E-state index contributed by atoms with van der Waals surface area (Å²) in [6.45, 7) is 1.45. The Morgan fingerprint density at radius 3 is 2.74 bits per heavy atom. The molecule has 1 amide bonds. The molecule has 3 rings (SSSR count). The summed E-state index contributed by atoms with van der Waals surface area (Å²) in [6.07, 6.45) is 0.715. The van der Waals surface area contributed by atoms with E-state index >= 15 is 0 Å². The molecule has 1 aliphatic heterocycles. The second-order valence-corrected chi connectivity index (χ2v) is 7.72. The van der Waals surface area contributed by atoms with Crippen molar-refractivity contribution in [1.29, 1.82) is 0 Å². The van der Waals surface area contributed by atoms with E-state index < -0.39 is 12.1 Å². The Labute approximate surface area is 170 Å². The highest BCUT2D eigenvalue weighted by Gasteiger charge is 2.34. The minimum absolute atomic E-state index is 0.261. The molecule has 0 aromatic heterocycles. The number of amides is 1. The van der Waals surface area contributed by atoms with E-state index in [4.69, 9.17) is 33.7 Å². The molecule has 138 valence electrons. The van der Waals surface area contributed by atoms with Crippen molar-refractivity contribution in [3.63, 3.8) is 0 Å². The Bertz CT molecular complexity index is 960. The summed E-state index contributed by atoms with van der Waals surface area (Å²) in [5, 5.41) is 9.39. The van der Waals surface area contributed by atoms with Crippen molar-refractivity contribution in [2.45, 2.75) is 13.0 Å². The lowest BCUT2D eigenvalue weighted by molar-refractivity contribution is -0.144. The maximum Gasteiger partial charge on any atom is 0.344 e. The summed E-state index contributed by atoms with van der Waals surface area (Å²) in [4.78, 5) is 25.6. The molecule has 0 spiro atoms. The van der Waals surface area contributed by atoms with Gasteiger partial charge in [0.1, 0.15) is 5.75 Å². The third-order valence-corrected chi connectivity index (χ3v) is 5.33. The van der Waals surface area contributed by atoms with Gasteiger partial charge in [-0.2, -0.15) is 0 Å². The highest BCUT2D eigenvalue weighted by molar-refractivity contribution is 8.27. The van der Waals surface area contributed by atoms with Crippen LogP contribution in [0.4, 0.5) is 5.69 Å². The molecule has 2 aromatic carbocycles. The highest BCUT2D eigenvalue weighted by Crippen LogP contribution is 2.38. The average Bonchev–Trinajstić information content (AvgIpc) is 2.89. The van der Waals surface area contributed by atoms with Crippen LogP contribution in [0.2, 0.25) is 5.02 Å². The zero-order chi connectivity index (χ0) is 19.6. The number of hydrogen-bond donors (Lipinski definition) is 1. The molecule has 1 aliphatic rings. The third-order valence-electron chi connectivity index (χ3n) is 3.70. The van der Waals surface area contributed by atoms with Crippen LogP contribution in [-0.4, -0.2) is 27.4 Å². The molecule has 27 heavy (non-hydrogen) atoms. The van der Waals surface area contributed by atoms with Crippen LogP contribution in [0.1, 0.15) is 12.5 Å². The van der Waals surface area contributed by atoms with Crippen molar-refractivity contribution >= 4 is 63.5 Å². The predicted octanol–water partition coefficient (Wildman–Crippen LogP) is 4.60. The first kappa shape index (κ1) is 19.4. The van der Waals surface area contributed by atoms with Gasteiger partial charge in [-0.1, -0.05) is 59.8 Å². The van der Waals surface area contributed by atoms with Gasteiger partial charge in [-0.25, -0.2) is 4.79 Å². The van der Waals surface area contributed by atoms with Crippen molar-refractivity contribution in [1.82, 2.24) is 0 Å². The maximum absolute atomic E-state index is 12.8. The van der Waals surface area contributed by atoms with Crippen LogP contribution in [0.25, 0.3) is 6.08 Å². The molecule has 0 aliphatic carbocycles. The van der Waals surface area contributed by atoms with E-state index in [1.807, 2.05) is 0 Å². The summed E-state index contributed by atoms with van der Waals surface area (Å²) in [7, 11) is 0. The number of para-hydroxylation sites is 1. The van der Waals surface area contributed by atoms with Crippen LogP contribution in [0.5, 0.6) is 5.75 Å². The first-order valence-electron chi connectivity index (χ1n) is 7.89. The van der Waals surface area contributed by atoms with Gasteiger partial charge < -0.3 is 9.84 Å². The first-order valence-corrected chi connectivity index (χ1v) is 9.49. The van der Waals surface area contributed by atoms with Gasteiger partial charge in [0, 0.05) is 0 Å². The van der Waals surface area contributed by atoms with Crippen LogP contribution in [0.3, 0.4) is 0 Å². The number of carboxylic acids is 1. The van der Waals surface area contributed by atoms with Crippen LogP contribution in [0, 0.1) is 0 Å². The quantitative estimate of drug-likeness (QED) is 0.564. The van der Waals surface area contributed by atoms with Gasteiger partial charge in [-0.05, 0) is 42.8 Å². The zero-order valence-corrected chi connectivity index (χ0v) is 16.5. The number of carbonyl (C=O) groups is 2. The van der Waals surface area contributed by atoms with E-state index in [0.717, 1.165) is 0 Å². The van der Waals surface area contributed by atoms with Crippen molar-refractivity contribution in [2.75, 3.05) is 4.90 Å². The van der Waals surface area contributed by atoms with E-state index in [0.29, 0.717) is 31.2 Å². The normalized spacial score (nSPS) is 16.7. The van der Waals surface area contributed by atoms with Crippen LogP contribution < -0.4 is 9.64 Å². The molecular formula is C19H14ClNO4S2. The second-order valence-electron chi connectivity index (χ2n) is 5.64. The molecule has 1 fully saturated rings. The van der Waals surface area contributed by atoms with Crippen LogP contribution >= 0.6 is 35.6 Å². The molecule has 0 radical (unpaired) electrons. The van der Waals surface area contributed by atoms with Gasteiger partial charge >= 0.3 is 5.97 Å². The fraction of sp³-hybridized carbons (Fsp3) is 0.105. The Morgan fingerprint density at radius 1 is 1.30 bits per heavy atom. The lowest BCUT2D eigenvalue weighted by Crippen LogP contribution is -2.27. The lowest BCUT2D eigenvalue weighted by atomic mass is 10.2. The fourth-order valence-electron chi connectivity index (χ4n) is 2.39. The number of rotatable bonds is 5.